The highest BCUT2D eigenvalue weighted by molar-refractivity contribution is 7.92. The van der Waals surface area contributed by atoms with Crippen LogP contribution in [-0.2, 0) is 45.6 Å². The van der Waals surface area contributed by atoms with E-state index < -0.39 is 54.7 Å². The van der Waals surface area contributed by atoms with Crippen molar-refractivity contribution in [3.05, 3.63) is 220 Å². The van der Waals surface area contributed by atoms with Crippen LogP contribution in [-0.4, -0.2) is 250 Å². The molecule has 0 spiro atoms. The van der Waals surface area contributed by atoms with E-state index in [0.717, 1.165) is 120 Å². The second-order valence-electron chi connectivity index (χ2n) is 37.0. The molecule has 1 unspecified atom stereocenters. The zero-order valence-electron chi connectivity index (χ0n) is 83.4. The molecule has 17 rings (SSSR count). The molecule has 8 aromatic carbocycles. The second kappa shape index (κ2) is 49.6. The van der Waals surface area contributed by atoms with Crippen molar-refractivity contribution in [1.82, 2.24) is 55.0 Å². The minimum atomic E-state index is -3.53. The Hall–Kier alpha value is -10.7. The van der Waals surface area contributed by atoms with Crippen molar-refractivity contribution in [3.8, 4) is 17.2 Å². The lowest BCUT2D eigenvalue weighted by atomic mass is 9.99. The third-order valence-corrected chi connectivity index (χ3v) is 35.2. The fourth-order valence-electron chi connectivity index (χ4n) is 16.4. The number of halogens is 4. The molecule has 11 N–H and O–H groups in total. The van der Waals surface area contributed by atoms with E-state index in [1.165, 1.54) is 74.9 Å². The van der Waals surface area contributed by atoms with Gasteiger partial charge in [0.1, 0.15) is 58.8 Å². The van der Waals surface area contributed by atoms with Crippen LogP contribution in [0.1, 0.15) is 51.7 Å². The van der Waals surface area contributed by atoms with Crippen LogP contribution in [0.4, 0.5) is 110 Å². The first-order valence-corrected chi connectivity index (χ1v) is 61.5. The number of aryl methyl sites for hydroxylation is 1. The van der Waals surface area contributed by atoms with Gasteiger partial charge in [0, 0.05) is 165 Å². The first kappa shape index (κ1) is 110. The SMILES string of the molecule is CC(C)N.CN1CCN(C2CCN(c3ccc(Nc4ncc(Cl)c(Nc5ccccc5P(C)(C)=O)n4)c4c3CCO4)CC2)CC1.COc1cc(N2CCNCC2)ccc1Nc1ncc(Cl)c(Nc2ccccc2P(C)(C)=O)n1.COc1cc(N2CCP(C)(=O)CC2)ccc1Nc1ncc(Cl)c(Nc2ccccc2S(=O)(=O)C(C)C)n1.Cc1cc(P(C)(C)=O)ccc1Nc1ncc(Cl)c(Nc2ccccc2S(=O)[O-])n1. The largest absolute Gasteiger partial charge is 0.768 e. The molecule has 0 radical (unpaired) electrons. The maximum absolute atomic E-state index is 12.8. The van der Waals surface area contributed by atoms with Crippen molar-refractivity contribution in [3.63, 3.8) is 0 Å². The summed E-state index contributed by atoms with van der Waals surface area (Å²) in [5, 5.41) is 31.6. The Kier molecular flexibility index (Phi) is 38.1. The first-order chi connectivity index (χ1) is 68.5. The van der Waals surface area contributed by atoms with Gasteiger partial charge < -0.3 is 110 Å². The highest BCUT2D eigenvalue weighted by Gasteiger charge is 2.33. The molecule has 4 saturated heterocycles. The zero-order valence-corrected chi connectivity index (χ0v) is 91.6. The average Bonchev–Trinajstić information content (AvgIpc) is 1.66. The number of nitrogens with one attached hydrogen (secondary N) is 9. The molecule has 144 heavy (non-hydrogen) atoms. The molecule has 4 aromatic heterocycles. The maximum Gasteiger partial charge on any atom is 0.229 e. The molecule has 9 heterocycles. The molecule has 1 atom stereocenters. The lowest BCUT2D eigenvalue weighted by Gasteiger charge is -2.43. The van der Waals surface area contributed by atoms with Crippen LogP contribution in [0.15, 0.2) is 198 Å². The smallest absolute Gasteiger partial charge is 0.229 e. The van der Waals surface area contributed by atoms with Crippen molar-refractivity contribution in [1.29, 1.82) is 0 Å². The fraction of sp³-hybridized carbons (Fsp3) is 0.360. The van der Waals surface area contributed by atoms with Gasteiger partial charge in [0.05, 0.1) is 103 Å². The Morgan fingerprint density at radius 3 is 1.37 bits per heavy atom. The number of likely N-dealkylation sites (N-methyl/N-ethyl adjacent to an activating group) is 1. The number of hydrogen-bond donors (Lipinski definition) is 10. The monoisotopic (exact) mass is 2150 g/mol. The summed E-state index contributed by atoms with van der Waals surface area (Å²) in [6.45, 7) is 34.2. The van der Waals surface area contributed by atoms with Crippen LogP contribution in [0.5, 0.6) is 17.2 Å². The van der Waals surface area contributed by atoms with Crippen LogP contribution in [0.25, 0.3) is 0 Å². The number of hydrogen-bond acceptors (Lipinski definition) is 34. The number of anilines is 19. The molecule has 34 nitrogen and oxygen atoms in total. The quantitative estimate of drug-likeness (QED) is 0.0161. The first-order valence-electron chi connectivity index (χ1n) is 47.1. The molecule has 0 amide bonds. The topological polar surface area (TPSA) is 424 Å². The minimum Gasteiger partial charge on any atom is -0.768 e. The Balaban J connectivity index is 0.000000160. The van der Waals surface area contributed by atoms with Gasteiger partial charge in [0.25, 0.3) is 0 Å². The van der Waals surface area contributed by atoms with Crippen LogP contribution < -0.4 is 98.4 Å². The molecule has 0 bridgehead atoms. The average molecular weight is 2160 g/mol. The molecule has 12 aromatic rings. The molecule has 4 fully saturated rings. The Morgan fingerprint density at radius 1 is 0.507 bits per heavy atom. The van der Waals surface area contributed by atoms with Crippen molar-refractivity contribution in [2.45, 2.75) is 81.0 Å². The maximum atomic E-state index is 12.8. The predicted molar refractivity (Wildman–Crippen MR) is 594 cm³/mol. The molecular weight excluding hydrogens is 2030 g/mol. The lowest BCUT2D eigenvalue weighted by Crippen LogP contribution is -2.52. The standard InChI is InChI=1S/C30H39ClN7O2P.C25H31ClN5O4PS.C23H28ClN6O2P.C19H20ClN4O3PS.C3H9N/c1-36-15-17-37(18-16-36)21-10-13-38(14-11-21)26-9-8-25(28-22(26)12-19-40-28)34-30-32-20-23(31)29(35-30)33-24-6-4-5-7-27(24)41(2,3)39;1-17(2)37(33,34)23-8-6-5-7-21(23)28-24-19(26)16-27-25(30-24)29-20-10-9-18(15-22(20)35-3)31-11-13-36(4,32)14-12-31;1-32-20-14-16(30-12-10-25-11-13-30)8-9-18(20)28-23-26-15-17(24)22(29-23)27-19-6-4-5-7-21(19)33(2,3)31;1-12-10-13(28(2,3)25)8-9-15(12)23-19-21-11-14(20)18(24-19)22-16-6-4-5-7-17(16)29(26)27;1-3(2)4/h4-9,20-21H,10-19H2,1-3H3,(H2,32,33,34,35);5-10,15-17H,11-14H2,1-4H3,(H2,27,28,29,30);4-9,14-15,25H,10-13H2,1-3H3,(H2,26,27,28,29);4-11H,1-3H3,(H,26,27)(H2,21,22,23,24);3H,4H2,1-2H3/p-1. The third-order valence-electron chi connectivity index (χ3n) is 24.3. The summed E-state index contributed by atoms with van der Waals surface area (Å²) in [4.78, 5) is 47.6. The summed E-state index contributed by atoms with van der Waals surface area (Å²) in [5.41, 5.74) is 15.8. The molecular formula is C100H126Cl4N23O11P4S2-. The molecule has 0 saturated carbocycles. The van der Waals surface area contributed by atoms with Crippen molar-refractivity contribution >= 4 is 221 Å². The third kappa shape index (κ3) is 29.8. The molecule has 5 aliphatic heterocycles. The highest BCUT2D eigenvalue weighted by atomic mass is 35.5. The zero-order chi connectivity index (χ0) is 104. The number of ether oxygens (including phenoxy) is 3. The van der Waals surface area contributed by atoms with Crippen LogP contribution in [0.2, 0.25) is 20.1 Å². The van der Waals surface area contributed by atoms with Gasteiger partial charge in [-0.05, 0) is 213 Å². The van der Waals surface area contributed by atoms with Crippen molar-refractivity contribution < 1.29 is 49.7 Å². The summed E-state index contributed by atoms with van der Waals surface area (Å²) < 4.78 is 116. The van der Waals surface area contributed by atoms with Crippen molar-refractivity contribution in [2.24, 2.45) is 5.73 Å². The predicted octanol–water partition coefficient (Wildman–Crippen LogP) is 19.7. The van der Waals surface area contributed by atoms with E-state index in [1.54, 1.807) is 117 Å². The fourth-order valence-corrected chi connectivity index (χ4v) is 23.5. The highest BCUT2D eigenvalue weighted by Crippen LogP contribution is 2.48. The number of fused-ring (bicyclic) bond motifs is 1. The molecule has 5 aliphatic rings. The van der Waals surface area contributed by atoms with E-state index in [0.29, 0.717) is 98.8 Å². The number of piperazine rings is 2. The van der Waals surface area contributed by atoms with E-state index in [9.17, 15) is 35.4 Å². The summed E-state index contributed by atoms with van der Waals surface area (Å²) in [7, 11) is -7.45. The number of methoxy groups -OCH3 is 2. The van der Waals surface area contributed by atoms with E-state index >= 15 is 0 Å². The summed E-state index contributed by atoms with van der Waals surface area (Å²) in [6.07, 6.45) is 10.6. The van der Waals surface area contributed by atoms with Gasteiger partial charge in [-0.15, -0.1) is 0 Å². The van der Waals surface area contributed by atoms with Crippen LogP contribution >= 0.6 is 75.0 Å². The van der Waals surface area contributed by atoms with Gasteiger partial charge >= 0.3 is 0 Å². The summed E-state index contributed by atoms with van der Waals surface area (Å²) >= 11 is 22.9. The minimum absolute atomic E-state index is 0.103. The number of nitrogens with zero attached hydrogens (tertiary/aromatic N) is 13. The van der Waals surface area contributed by atoms with E-state index in [4.69, 9.17) is 66.3 Å². The Morgan fingerprint density at radius 2 is 0.917 bits per heavy atom. The number of para-hydroxylation sites is 4. The molecule has 0 aliphatic carbocycles. The number of piperidine rings is 1. The van der Waals surface area contributed by atoms with Crippen LogP contribution in [0, 0.1) is 6.92 Å². The van der Waals surface area contributed by atoms with Gasteiger partial charge in [0.15, 0.2) is 33.1 Å². The van der Waals surface area contributed by atoms with Crippen molar-refractivity contribution in [2.75, 3.05) is 223 Å². The number of nitrogens with two attached hydrogens (primary N) is 1. The normalized spacial score (nSPS) is 15.3. The van der Waals surface area contributed by atoms with E-state index in [2.05, 4.69) is 137 Å². The van der Waals surface area contributed by atoms with Gasteiger partial charge in [-0.2, -0.15) is 19.9 Å². The van der Waals surface area contributed by atoms with Gasteiger partial charge in [0.2, 0.25) is 23.8 Å². The summed E-state index contributed by atoms with van der Waals surface area (Å²) in [5.74, 6) is 4.88. The number of rotatable bonds is 28. The number of aromatic nitrogens is 8. The van der Waals surface area contributed by atoms with Gasteiger partial charge in [-0.1, -0.05) is 109 Å². The van der Waals surface area contributed by atoms with Gasteiger partial charge in [-0.25, -0.2) is 28.4 Å². The molecule has 44 heteroatoms. The Bertz CT molecular complexity index is 6860. The van der Waals surface area contributed by atoms with E-state index in [-0.39, 0.29) is 43.4 Å². The Labute approximate surface area is 866 Å². The molecule has 768 valence electrons. The number of sulfone groups is 1. The van der Waals surface area contributed by atoms with E-state index in [1.807, 2.05) is 124 Å². The lowest BCUT2D eigenvalue weighted by molar-refractivity contribution is 0.0982. The van der Waals surface area contributed by atoms with Crippen LogP contribution in [0.3, 0.4) is 0 Å². The summed E-state index contributed by atoms with van der Waals surface area (Å²) in [6, 6.07) is 50.7. The van der Waals surface area contributed by atoms with Gasteiger partial charge in [-0.3, -0.25) is 9.11 Å². The second-order valence-corrected chi connectivity index (χ2v) is 55.1. The number of benzene rings is 8.